The fraction of sp³-hybridized carbons (Fsp3) is 0.391. The van der Waals surface area contributed by atoms with E-state index in [1.807, 2.05) is 12.3 Å². The van der Waals surface area contributed by atoms with E-state index in [-0.39, 0.29) is 18.4 Å². The fourth-order valence-electron chi connectivity index (χ4n) is 4.06. The lowest BCUT2D eigenvalue weighted by Crippen LogP contribution is -2.24. The molecule has 4 aromatic rings. The van der Waals surface area contributed by atoms with Crippen molar-refractivity contribution >= 4 is 16.7 Å². The molecule has 1 aliphatic rings. The Morgan fingerprint density at radius 2 is 2.06 bits per heavy atom. The van der Waals surface area contributed by atoms with Crippen LogP contribution in [-0.4, -0.2) is 46.9 Å². The first-order valence-electron chi connectivity index (χ1n) is 11.1. The number of hydrogen-bond donors (Lipinski definition) is 1. The second kappa shape index (κ2) is 8.60. The normalized spacial score (nSPS) is 18.5. The quantitative estimate of drug-likeness (QED) is 0.494. The molecule has 10 nitrogen and oxygen atoms in total. The molecule has 0 saturated carbocycles. The number of nitrogens with one attached hydrogen (secondary N) is 1. The second-order valence-electron chi connectivity index (χ2n) is 8.61. The smallest absolute Gasteiger partial charge is 0.164 e. The summed E-state index contributed by atoms with van der Waals surface area (Å²) in [5.74, 6) is 0.617. The molecule has 5 rings (SSSR count). The van der Waals surface area contributed by atoms with Crippen molar-refractivity contribution in [1.82, 2.24) is 34.7 Å². The maximum absolute atomic E-state index is 9.12. The summed E-state index contributed by atoms with van der Waals surface area (Å²) in [6.45, 7) is 6.24. The van der Waals surface area contributed by atoms with Crippen LogP contribution < -0.4 is 5.32 Å². The zero-order chi connectivity index (χ0) is 22.9. The molecule has 1 aliphatic heterocycles. The second-order valence-corrected chi connectivity index (χ2v) is 8.61. The Labute approximate surface area is 191 Å². The molecule has 168 valence electrons. The van der Waals surface area contributed by atoms with Gasteiger partial charge in [-0.3, -0.25) is 0 Å². The number of anilines is 1. The number of nitrogens with zero attached hydrogens (tertiary/aromatic N) is 8. The van der Waals surface area contributed by atoms with Crippen LogP contribution in [0.25, 0.3) is 28.1 Å². The van der Waals surface area contributed by atoms with Crippen molar-refractivity contribution in [2.45, 2.75) is 58.4 Å². The summed E-state index contributed by atoms with van der Waals surface area (Å²) >= 11 is 0. The molecular weight excluding hydrogens is 418 g/mol. The molecular formula is C23H25N9O. The van der Waals surface area contributed by atoms with E-state index in [1.54, 1.807) is 27.8 Å². The minimum absolute atomic E-state index is 0.0939. The summed E-state index contributed by atoms with van der Waals surface area (Å²) < 4.78 is 9.50. The third-order valence-electron chi connectivity index (χ3n) is 5.62. The van der Waals surface area contributed by atoms with Crippen molar-refractivity contribution < 1.29 is 4.74 Å². The van der Waals surface area contributed by atoms with Gasteiger partial charge in [0.1, 0.15) is 11.8 Å². The van der Waals surface area contributed by atoms with Gasteiger partial charge in [-0.25, -0.2) is 14.6 Å². The average Bonchev–Trinajstić information content (AvgIpc) is 3.46. The Kier molecular flexibility index (Phi) is 5.48. The van der Waals surface area contributed by atoms with Gasteiger partial charge in [0.2, 0.25) is 0 Å². The molecule has 0 amide bonds. The van der Waals surface area contributed by atoms with Gasteiger partial charge in [0, 0.05) is 41.1 Å². The zero-order valence-electron chi connectivity index (χ0n) is 18.8. The molecule has 2 unspecified atom stereocenters. The van der Waals surface area contributed by atoms with E-state index in [0.29, 0.717) is 17.0 Å². The molecule has 0 spiro atoms. The van der Waals surface area contributed by atoms with Crippen molar-refractivity contribution in [3.8, 4) is 23.1 Å². The van der Waals surface area contributed by atoms with Crippen LogP contribution in [0.15, 0.2) is 36.9 Å². The summed E-state index contributed by atoms with van der Waals surface area (Å²) in [5, 5.41) is 26.6. The van der Waals surface area contributed by atoms with Crippen LogP contribution in [0.5, 0.6) is 0 Å². The van der Waals surface area contributed by atoms with Crippen LogP contribution in [0.2, 0.25) is 0 Å². The molecule has 0 radical (unpaired) electrons. The van der Waals surface area contributed by atoms with Gasteiger partial charge in [-0.15, -0.1) is 5.10 Å². The zero-order valence-corrected chi connectivity index (χ0v) is 18.8. The summed E-state index contributed by atoms with van der Waals surface area (Å²) in [6.07, 6.45) is 10.1. The van der Waals surface area contributed by atoms with Gasteiger partial charge in [0.25, 0.3) is 0 Å². The van der Waals surface area contributed by atoms with E-state index in [1.165, 1.54) is 6.20 Å². The predicted molar refractivity (Wildman–Crippen MR) is 123 cm³/mol. The Bertz CT molecular complexity index is 1330. The van der Waals surface area contributed by atoms with E-state index in [0.717, 1.165) is 41.6 Å². The van der Waals surface area contributed by atoms with Crippen LogP contribution in [0, 0.1) is 11.3 Å². The highest BCUT2D eigenvalue weighted by atomic mass is 16.5. The maximum atomic E-state index is 9.12. The third kappa shape index (κ3) is 4.15. The summed E-state index contributed by atoms with van der Waals surface area (Å²) in [6, 6.07) is 5.99. The van der Waals surface area contributed by atoms with Crippen LogP contribution in [0.4, 0.5) is 5.69 Å². The molecule has 4 aromatic heterocycles. The standard InChI is InChI=1S/C23H25N9O/c1-14(2)28-19-8-21(32-23-17(11-27-32)7-16(9-24)10-26-23)25-12-18(19)20-13-31(30-29-20)22-6-4-5-15(3)33-22/h7-8,10-15,22H,4-6H2,1-3H3,(H,25,28). The molecule has 10 heteroatoms. The first-order valence-corrected chi connectivity index (χ1v) is 11.1. The monoisotopic (exact) mass is 443 g/mol. The van der Waals surface area contributed by atoms with Crippen molar-refractivity contribution in [3.05, 3.63) is 42.5 Å². The summed E-state index contributed by atoms with van der Waals surface area (Å²) in [4.78, 5) is 9.04. The van der Waals surface area contributed by atoms with Crippen molar-refractivity contribution in [2.75, 3.05) is 5.32 Å². The summed E-state index contributed by atoms with van der Waals surface area (Å²) in [7, 11) is 0. The Hall–Kier alpha value is -3.84. The van der Waals surface area contributed by atoms with Crippen LogP contribution >= 0.6 is 0 Å². The van der Waals surface area contributed by atoms with Crippen LogP contribution in [0.1, 0.15) is 51.8 Å². The van der Waals surface area contributed by atoms with Gasteiger partial charge >= 0.3 is 0 Å². The number of fused-ring (bicyclic) bond motifs is 1. The highest BCUT2D eigenvalue weighted by molar-refractivity contribution is 5.79. The SMILES string of the molecule is CC(C)Nc1cc(-n2ncc3cc(C#N)cnc32)ncc1-c1cn(C2CCCC(C)O2)nn1. The molecule has 0 bridgehead atoms. The van der Waals surface area contributed by atoms with E-state index in [9.17, 15) is 0 Å². The van der Waals surface area contributed by atoms with Gasteiger partial charge in [0.15, 0.2) is 17.7 Å². The first-order chi connectivity index (χ1) is 16.0. The summed E-state index contributed by atoms with van der Waals surface area (Å²) in [5.41, 5.74) is 3.57. The number of hydrogen-bond acceptors (Lipinski definition) is 8. The number of pyridine rings is 2. The number of aromatic nitrogens is 7. The van der Waals surface area contributed by atoms with Gasteiger partial charge in [0.05, 0.1) is 24.1 Å². The predicted octanol–water partition coefficient (Wildman–Crippen LogP) is 3.85. The van der Waals surface area contributed by atoms with Gasteiger partial charge < -0.3 is 10.1 Å². The Balaban J connectivity index is 1.52. The molecule has 2 atom stereocenters. The molecule has 5 heterocycles. The van der Waals surface area contributed by atoms with Gasteiger partial charge in [-0.2, -0.15) is 15.0 Å². The molecule has 1 N–H and O–H groups in total. The highest BCUT2D eigenvalue weighted by Gasteiger charge is 2.23. The number of ether oxygens (including phenoxy) is 1. The van der Waals surface area contributed by atoms with Crippen molar-refractivity contribution in [2.24, 2.45) is 0 Å². The number of nitriles is 1. The molecule has 33 heavy (non-hydrogen) atoms. The van der Waals surface area contributed by atoms with Crippen molar-refractivity contribution in [1.29, 1.82) is 5.26 Å². The van der Waals surface area contributed by atoms with Gasteiger partial charge in [-0.05, 0) is 46.1 Å². The minimum atomic E-state index is -0.0939. The van der Waals surface area contributed by atoms with E-state index in [4.69, 9.17) is 10.00 Å². The molecule has 1 saturated heterocycles. The maximum Gasteiger partial charge on any atom is 0.164 e. The van der Waals surface area contributed by atoms with Crippen molar-refractivity contribution in [3.63, 3.8) is 0 Å². The van der Waals surface area contributed by atoms with Gasteiger partial charge in [-0.1, -0.05) is 5.21 Å². The van der Waals surface area contributed by atoms with Crippen LogP contribution in [0.3, 0.4) is 0 Å². The van der Waals surface area contributed by atoms with E-state index < -0.39 is 0 Å². The molecule has 0 aromatic carbocycles. The van der Waals surface area contributed by atoms with E-state index >= 15 is 0 Å². The lowest BCUT2D eigenvalue weighted by atomic mass is 10.1. The fourth-order valence-corrected chi connectivity index (χ4v) is 4.06. The average molecular weight is 444 g/mol. The third-order valence-corrected chi connectivity index (χ3v) is 5.62. The Morgan fingerprint density at radius 1 is 1.18 bits per heavy atom. The number of rotatable bonds is 5. The van der Waals surface area contributed by atoms with Crippen LogP contribution in [-0.2, 0) is 4.74 Å². The lowest BCUT2D eigenvalue weighted by Gasteiger charge is -2.27. The minimum Gasteiger partial charge on any atom is -0.382 e. The van der Waals surface area contributed by atoms with E-state index in [2.05, 4.69) is 57.5 Å². The lowest BCUT2D eigenvalue weighted by molar-refractivity contribution is -0.0874. The Morgan fingerprint density at radius 3 is 2.85 bits per heavy atom. The largest absolute Gasteiger partial charge is 0.382 e. The topological polar surface area (TPSA) is 119 Å². The molecule has 1 fully saturated rings. The highest BCUT2D eigenvalue weighted by Crippen LogP contribution is 2.31. The first kappa shape index (κ1) is 21.0. The molecule has 0 aliphatic carbocycles.